The molecule has 1 rings (SSSR count). The molecule has 1 aromatic rings. The van der Waals surface area contributed by atoms with E-state index in [-0.39, 0.29) is 11.8 Å². The zero-order valence-corrected chi connectivity index (χ0v) is 11.3. The third kappa shape index (κ3) is 5.09. The average Bonchev–Trinajstić information content (AvgIpc) is 2.27. The minimum atomic E-state index is -0.117. The van der Waals surface area contributed by atoms with Crippen LogP contribution in [0, 0.1) is 0 Å². The van der Waals surface area contributed by atoms with Gasteiger partial charge in [0.05, 0.1) is 0 Å². The van der Waals surface area contributed by atoms with Crippen LogP contribution in [0.2, 0.25) is 0 Å². The Morgan fingerprint density at radius 3 is 2.61 bits per heavy atom. The van der Waals surface area contributed by atoms with Crippen LogP contribution in [0.1, 0.15) is 13.8 Å². The van der Waals surface area contributed by atoms with E-state index in [1.54, 1.807) is 12.1 Å². The van der Waals surface area contributed by atoms with Gasteiger partial charge in [0, 0.05) is 42.4 Å². The van der Waals surface area contributed by atoms with Crippen LogP contribution < -0.4 is 16.4 Å². The first-order valence-corrected chi connectivity index (χ1v) is 6.52. The summed E-state index contributed by atoms with van der Waals surface area (Å²) < 4.78 is 0. The van der Waals surface area contributed by atoms with Crippen molar-refractivity contribution >= 4 is 35.0 Å². The highest BCUT2D eigenvalue weighted by molar-refractivity contribution is 7.99. The fourth-order valence-corrected chi connectivity index (χ4v) is 2.20. The number of benzene rings is 1. The van der Waals surface area contributed by atoms with Gasteiger partial charge >= 0.3 is 0 Å². The molecular weight excluding hydrogens is 250 g/mol. The quantitative estimate of drug-likeness (QED) is 0.428. The third-order valence-corrected chi connectivity index (χ3v) is 3.14. The molecule has 0 bridgehead atoms. The van der Waals surface area contributed by atoms with Crippen molar-refractivity contribution in [1.29, 1.82) is 0 Å². The average molecular weight is 267 g/mol. The standard InChI is InChI=1S/C12H17N3O2S/c1-8(16)14-5-6-18-12-7-10(15-9(2)17)3-4-11(12)13/h3-4,7H,5-6,13H2,1-2H3,(H,14,16)(H,15,17). The van der Waals surface area contributed by atoms with Crippen molar-refractivity contribution in [3.8, 4) is 0 Å². The predicted molar refractivity (Wildman–Crippen MR) is 74.6 cm³/mol. The molecule has 0 aliphatic carbocycles. The zero-order valence-electron chi connectivity index (χ0n) is 10.4. The zero-order chi connectivity index (χ0) is 13.5. The van der Waals surface area contributed by atoms with Crippen molar-refractivity contribution in [3.05, 3.63) is 18.2 Å². The molecule has 18 heavy (non-hydrogen) atoms. The summed E-state index contributed by atoms with van der Waals surface area (Å²) in [6, 6.07) is 5.34. The number of hydrogen-bond donors (Lipinski definition) is 3. The first kappa shape index (κ1) is 14.4. The molecule has 98 valence electrons. The highest BCUT2D eigenvalue weighted by Gasteiger charge is 2.03. The van der Waals surface area contributed by atoms with Gasteiger partial charge in [-0.25, -0.2) is 0 Å². The van der Waals surface area contributed by atoms with Crippen molar-refractivity contribution in [2.75, 3.05) is 23.3 Å². The molecule has 6 heteroatoms. The van der Waals surface area contributed by atoms with Gasteiger partial charge < -0.3 is 16.4 Å². The van der Waals surface area contributed by atoms with Gasteiger partial charge in [0.2, 0.25) is 11.8 Å². The molecule has 0 spiro atoms. The topological polar surface area (TPSA) is 84.2 Å². The molecular formula is C12H17N3O2S. The molecule has 0 fully saturated rings. The smallest absolute Gasteiger partial charge is 0.221 e. The van der Waals surface area contributed by atoms with Crippen LogP contribution in [0.3, 0.4) is 0 Å². The third-order valence-electron chi connectivity index (χ3n) is 2.07. The molecule has 0 radical (unpaired) electrons. The van der Waals surface area contributed by atoms with Gasteiger partial charge in [-0.3, -0.25) is 9.59 Å². The monoisotopic (exact) mass is 267 g/mol. The molecule has 0 heterocycles. The summed E-state index contributed by atoms with van der Waals surface area (Å²) in [5.41, 5.74) is 7.23. The lowest BCUT2D eigenvalue weighted by molar-refractivity contribution is -0.119. The lowest BCUT2D eigenvalue weighted by Gasteiger charge is -2.09. The molecule has 0 saturated heterocycles. The number of anilines is 2. The number of amides is 2. The molecule has 0 aromatic heterocycles. The number of hydrogen-bond acceptors (Lipinski definition) is 4. The van der Waals surface area contributed by atoms with E-state index < -0.39 is 0 Å². The van der Waals surface area contributed by atoms with Gasteiger partial charge in [0.15, 0.2) is 0 Å². The molecule has 0 unspecified atom stereocenters. The normalized spacial score (nSPS) is 9.89. The molecule has 5 nitrogen and oxygen atoms in total. The number of thioether (sulfide) groups is 1. The van der Waals surface area contributed by atoms with E-state index in [1.807, 2.05) is 6.07 Å². The number of carbonyl (C=O) groups excluding carboxylic acids is 2. The second-order valence-corrected chi connectivity index (χ2v) is 4.90. The molecule has 0 atom stereocenters. The van der Waals surface area contributed by atoms with E-state index in [0.717, 1.165) is 16.3 Å². The number of nitrogens with two attached hydrogens (primary N) is 1. The molecule has 0 aliphatic heterocycles. The van der Waals surface area contributed by atoms with Crippen LogP contribution in [-0.2, 0) is 9.59 Å². The van der Waals surface area contributed by atoms with Gasteiger partial charge in [-0.15, -0.1) is 11.8 Å². The Labute approximate surface area is 111 Å². The fraction of sp³-hybridized carbons (Fsp3) is 0.333. The van der Waals surface area contributed by atoms with E-state index in [9.17, 15) is 9.59 Å². The predicted octanol–water partition coefficient (Wildman–Crippen LogP) is 1.46. The second kappa shape index (κ2) is 6.90. The highest BCUT2D eigenvalue weighted by Crippen LogP contribution is 2.27. The first-order valence-electron chi connectivity index (χ1n) is 5.53. The Kier molecular flexibility index (Phi) is 5.51. The van der Waals surface area contributed by atoms with Crippen molar-refractivity contribution < 1.29 is 9.59 Å². The van der Waals surface area contributed by atoms with Gasteiger partial charge in [0.25, 0.3) is 0 Å². The highest BCUT2D eigenvalue weighted by atomic mass is 32.2. The fourth-order valence-electron chi connectivity index (χ4n) is 1.33. The number of carbonyl (C=O) groups is 2. The lowest BCUT2D eigenvalue weighted by Crippen LogP contribution is -2.22. The van der Waals surface area contributed by atoms with Crippen LogP contribution in [0.15, 0.2) is 23.1 Å². The van der Waals surface area contributed by atoms with E-state index in [4.69, 9.17) is 5.73 Å². The molecule has 1 aromatic carbocycles. The van der Waals surface area contributed by atoms with Crippen LogP contribution >= 0.6 is 11.8 Å². The minimum Gasteiger partial charge on any atom is -0.398 e. The first-order chi connectivity index (χ1) is 8.49. The Bertz CT molecular complexity index is 449. The maximum absolute atomic E-state index is 10.9. The van der Waals surface area contributed by atoms with Gasteiger partial charge in [-0.1, -0.05) is 0 Å². The number of nitrogens with one attached hydrogen (secondary N) is 2. The Hall–Kier alpha value is -1.69. The summed E-state index contributed by atoms with van der Waals surface area (Å²) in [6.07, 6.45) is 0. The molecule has 0 saturated carbocycles. The summed E-state index contributed by atoms with van der Waals surface area (Å²) in [4.78, 5) is 22.5. The van der Waals surface area contributed by atoms with Crippen LogP contribution in [0.5, 0.6) is 0 Å². The molecule has 0 aliphatic rings. The Morgan fingerprint density at radius 1 is 1.28 bits per heavy atom. The molecule has 2 amide bonds. The van der Waals surface area contributed by atoms with E-state index >= 15 is 0 Å². The van der Waals surface area contributed by atoms with Gasteiger partial charge in [0.1, 0.15) is 0 Å². The minimum absolute atomic E-state index is 0.0458. The van der Waals surface area contributed by atoms with E-state index in [2.05, 4.69) is 10.6 Å². The maximum atomic E-state index is 10.9. The summed E-state index contributed by atoms with van der Waals surface area (Å²) >= 11 is 1.54. The van der Waals surface area contributed by atoms with Gasteiger partial charge in [-0.05, 0) is 18.2 Å². The summed E-state index contributed by atoms with van der Waals surface area (Å²) in [7, 11) is 0. The van der Waals surface area contributed by atoms with Crippen LogP contribution in [-0.4, -0.2) is 24.1 Å². The van der Waals surface area contributed by atoms with Gasteiger partial charge in [-0.2, -0.15) is 0 Å². The summed E-state index contributed by atoms with van der Waals surface area (Å²) in [5.74, 6) is 0.567. The van der Waals surface area contributed by atoms with Crippen molar-refractivity contribution in [2.45, 2.75) is 18.7 Å². The Morgan fingerprint density at radius 2 is 2.00 bits per heavy atom. The van der Waals surface area contributed by atoms with E-state index in [0.29, 0.717) is 12.2 Å². The number of rotatable bonds is 5. The van der Waals surface area contributed by atoms with Crippen LogP contribution in [0.4, 0.5) is 11.4 Å². The van der Waals surface area contributed by atoms with Crippen molar-refractivity contribution in [3.63, 3.8) is 0 Å². The van der Waals surface area contributed by atoms with Crippen molar-refractivity contribution in [1.82, 2.24) is 5.32 Å². The molecule has 4 N–H and O–H groups in total. The van der Waals surface area contributed by atoms with Crippen LogP contribution in [0.25, 0.3) is 0 Å². The van der Waals surface area contributed by atoms with Crippen molar-refractivity contribution in [2.24, 2.45) is 0 Å². The second-order valence-electron chi connectivity index (χ2n) is 3.77. The summed E-state index contributed by atoms with van der Waals surface area (Å²) in [5, 5.41) is 5.42. The summed E-state index contributed by atoms with van der Waals surface area (Å²) in [6.45, 7) is 3.53. The SMILES string of the molecule is CC(=O)NCCSc1cc(NC(C)=O)ccc1N. The number of nitrogen functional groups attached to an aromatic ring is 1. The Balaban J connectivity index is 2.58. The lowest BCUT2D eigenvalue weighted by atomic mass is 10.3. The van der Waals surface area contributed by atoms with E-state index in [1.165, 1.54) is 25.6 Å². The largest absolute Gasteiger partial charge is 0.398 e. The maximum Gasteiger partial charge on any atom is 0.221 e.